The van der Waals surface area contributed by atoms with Gasteiger partial charge in [-0.3, -0.25) is 15.1 Å². The van der Waals surface area contributed by atoms with Crippen LogP contribution in [0.3, 0.4) is 0 Å². The number of carbonyl (C=O) groups excluding carboxylic acids is 2. The second-order valence-electron chi connectivity index (χ2n) is 6.52. The Morgan fingerprint density at radius 2 is 2.19 bits per heavy atom. The summed E-state index contributed by atoms with van der Waals surface area (Å²) < 4.78 is 19.5. The van der Waals surface area contributed by atoms with Crippen molar-refractivity contribution < 1.29 is 18.7 Å². The van der Waals surface area contributed by atoms with E-state index < -0.39 is 18.0 Å². The normalized spacial score (nSPS) is 19.8. The van der Waals surface area contributed by atoms with E-state index in [0.29, 0.717) is 24.1 Å². The van der Waals surface area contributed by atoms with Crippen LogP contribution in [0.15, 0.2) is 18.2 Å². The minimum atomic E-state index is -0.549. The van der Waals surface area contributed by atoms with Crippen LogP contribution in [-0.2, 0) is 9.53 Å². The molecule has 1 saturated heterocycles. The van der Waals surface area contributed by atoms with Crippen LogP contribution >= 0.6 is 0 Å². The van der Waals surface area contributed by atoms with Crippen molar-refractivity contribution in [3.8, 4) is 0 Å². The van der Waals surface area contributed by atoms with Gasteiger partial charge in [0.25, 0.3) is 0 Å². The van der Waals surface area contributed by atoms with Crippen LogP contribution < -0.4 is 26.4 Å². The number of benzene rings is 1. The van der Waals surface area contributed by atoms with Gasteiger partial charge in [0, 0.05) is 13.0 Å². The van der Waals surface area contributed by atoms with Crippen molar-refractivity contribution in [1.29, 1.82) is 0 Å². The number of hydrogen-bond donors (Lipinski definition) is 4. The molecule has 1 heterocycles. The Morgan fingerprint density at radius 3 is 2.85 bits per heavy atom. The Hall–Kier alpha value is -2.39. The first kappa shape index (κ1) is 18.4. The van der Waals surface area contributed by atoms with Gasteiger partial charge in [-0.1, -0.05) is 6.42 Å². The maximum Gasteiger partial charge on any atom is 0.414 e. The number of nitrogens with one attached hydrogen (secondary N) is 4. The zero-order chi connectivity index (χ0) is 18.5. The van der Waals surface area contributed by atoms with E-state index in [9.17, 15) is 14.0 Å². The lowest BCUT2D eigenvalue weighted by molar-refractivity contribution is -0.119. The summed E-state index contributed by atoms with van der Waals surface area (Å²) in [5.74, 6) is -0.646. The molecule has 1 aromatic rings. The van der Waals surface area contributed by atoms with Crippen LogP contribution in [-0.4, -0.2) is 43.9 Å². The Kier molecular flexibility index (Phi) is 5.89. The van der Waals surface area contributed by atoms with Gasteiger partial charge in [-0.2, -0.15) is 0 Å². The number of cyclic esters (lactones) is 1. The zero-order valence-electron chi connectivity index (χ0n) is 14.7. The lowest BCUT2D eigenvalue weighted by Crippen LogP contribution is -2.46. The van der Waals surface area contributed by atoms with Gasteiger partial charge in [-0.05, 0) is 31.0 Å². The van der Waals surface area contributed by atoms with E-state index in [2.05, 4.69) is 21.5 Å². The number of amides is 2. The van der Waals surface area contributed by atoms with Gasteiger partial charge in [0.15, 0.2) is 0 Å². The van der Waals surface area contributed by atoms with Crippen molar-refractivity contribution in [3.05, 3.63) is 24.0 Å². The van der Waals surface area contributed by atoms with E-state index in [4.69, 9.17) is 4.74 Å². The fourth-order valence-electron chi connectivity index (χ4n) is 2.80. The fourth-order valence-corrected chi connectivity index (χ4v) is 2.80. The molecule has 9 heteroatoms. The third-order valence-electron chi connectivity index (χ3n) is 4.50. The van der Waals surface area contributed by atoms with Gasteiger partial charge >= 0.3 is 6.09 Å². The van der Waals surface area contributed by atoms with Crippen LogP contribution in [0, 0.1) is 5.82 Å². The molecule has 1 aliphatic heterocycles. The van der Waals surface area contributed by atoms with Crippen molar-refractivity contribution in [1.82, 2.24) is 16.2 Å². The summed E-state index contributed by atoms with van der Waals surface area (Å²) in [5.41, 5.74) is 6.95. The van der Waals surface area contributed by atoms with Gasteiger partial charge in [0.1, 0.15) is 11.9 Å². The van der Waals surface area contributed by atoms with Gasteiger partial charge < -0.3 is 15.4 Å². The molecule has 0 radical (unpaired) electrons. The minimum absolute atomic E-state index is 0.193. The molecule has 0 bridgehead atoms. The number of nitrogens with zero attached hydrogens (tertiary/aromatic N) is 1. The molecular weight excluding hydrogens is 341 g/mol. The van der Waals surface area contributed by atoms with E-state index >= 15 is 0 Å². The Morgan fingerprint density at radius 1 is 1.38 bits per heavy atom. The molecular formula is C17H24FN5O3. The molecule has 0 unspecified atom stereocenters. The molecule has 2 aliphatic rings. The van der Waals surface area contributed by atoms with Crippen LogP contribution in [0.4, 0.5) is 20.6 Å². The van der Waals surface area contributed by atoms with E-state index in [-0.39, 0.29) is 19.0 Å². The van der Waals surface area contributed by atoms with E-state index in [1.54, 1.807) is 12.1 Å². The summed E-state index contributed by atoms with van der Waals surface area (Å²) in [6, 6.07) is 5.04. The molecule has 26 heavy (non-hydrogen) atoms. The molecule has 4 N–H and O–H groups in total. The van der Waals surface area contributed by atoms with E-state index in [0.717, 1.165) is 12.8 Å². The summed E-state index contributed by atoms with van der Waals surface area (Å²) >= 11 is 0. The maximum atomic E-state index is 14.3. The first-order valence-electron chi connectivity index (χ1n) is 8.77. The predicted molar refractivity (Wildman–Crippen MR) is 95.1 cm³/mol. The average molecular weight is 365 g/mol. The summed E-state index contributed by atoms with van der Waals surface area (Å²) in [4.78, 5) is 24.3. The van der Waals surface area contributed by atoms with Crippen molar-refractivity contribution in [3.63, 3.8) is 0 Å². The lowest BCUT2D eigenvalue weighted by Gasteiger charge is -2.26. The van der Waals surface area contributed by atoms with Gasteiger partial charge in [-0.25, -0.2) is 14.6 Å². The monoisotopic (exact) mass is 365 g/mol. The molecule has 1 saturated carbocycles. The number of carbonyl (C=O) groups is 2. The molecule has 1 aliphatic carbocycles. The largest absolute Gasteiger partial charge is 0.442 e. The van der Waals surface area contributed by atoms with Crippen LogP contribution in [0.5, 0.6) is 0 Å². The van der Waals surface area contributed by atoms with Gasteiger partial charge in [0.2, 0.25) is 5.91 Å². The predicted octanol–water partition coefficient (Wildman–Crippen LogP) is 1.30. The zero-order valence-corrected chi connectivity index (χ0v) is 14.7. The summed E-state index contributed by atoms with van der Waals surface area (Å²) in [6.45, 7) is 2.28. The molecule has 0 spiro atoms. The van der Waals surface area contributed by atoms with Crippen molar-refractivity contribution >= 4 is 23.4 Å². The third kappa shape index (κ3) is 4.61. The standard InChI is InChI=1S/C17H24FN5O3/c1-11(24)19-8-14-9-23(17(25)26-14)13-5-6-16(15(18)7-13)20-10-21-22-12-3-2-4-12/h5-7,12,14,20-22H,2-4,8-10H2,1H3,(H,19,24)/t14-/m0/s1. The highest BCUT2D eigenvalue weighted by atomic mass is 19.1. The second-order valence-corrected chi connectivity index (χ2v) is 6.52. The summed E-state index contributed by atoms with van der Waals surface area (Å²) in [5, 5.41) is 5.56. The molecule has 1 atom stereocenters. The molecule has 3 rings (SSSR count). The van der Waals surface area contributed by atoms with Crippen LogP contribution in [0.1, 0.15) is 26.2 Å². The molecule has 0 aromatic heterocycles. The molecule has 1 aromatic carbocycles. The fraction of sp³-hybridized carbons (Fsp3) is 0.529. The van der Waals surface area contributed by atoms with Gasteiger partial charge in [-0.15, -0.1) is 0 Å². The number of halogens is 1. The smallest absolute Gasteiger partial charge is 0.414 e. The SMILES string of the molecule is CC(=O)NC[C@H]1CN(c2ccc(NCNNC3CCC3)c(F)c2)C(=O)O1. The lowest BCUT2D eigenvalue weighted by atomic mass is 9.94. The summed E-state index contributed by atoms with van der Waals surface area (Å²) in [6.07, 6.45) is 2.56. The molecule has 142 valence electrons. The highest BCUT2D eigenvalue weighted by Gasteiger charge is 2.32. The third-order valence-corrected chi connectivity index (χ3v) is 4.50. The maximum absolute atomic E-state index is 14.3. The highest BCUT2D eigenvalue weighted by molar-refractivity contribution is 5.90. The van der Waals surface area contributed by atoms with Crippen molar-refractivity contribution in [2.45, 2.75) is 38.3 Å². The average Bonchev–Trinajstić information content (AvgIpc) is 2.93. The molecule has 2 fully saturated rings. The number of ether oxygens (including phenoxy) is 1. The van der Waals surface area contributed by atoms with Crippen LogP contribution in [0.2, 0.25) is 0 Å². The number of anilines is 2. The van der Waals surface area contributed by atoms with Gasteiger partial charge in [0.05, 0.1) is 31.1 Å². The van der Waals surface area contributed by atoms with Crippen LogP contribution in [0.25, 0.3) is 0 Å². The second kappa shape index (κ2) is 8.33. The minimum Gasteiger partial charge on any atom is -0.442 e. The number of hydrazine groups is 1. The quantitative estimate of drug-likeness (QED) is 0.315. The Bertz CT molecular complexity index is 668. The van der Waals surface area contributed by atoms with E-state index in [1.807, 2.05) is 0 Å². The molecule has 2 amide bonds. The topological polar surface area (TPSA) is 94.7 Å². The molecule has 8 nitrogen and oxygen atoms in total. The number of hydrogen-bond acceptors (Lipinski definition) is 6. The number of rotatable bonds is 8. The first-order valence-corrected chi connectivity index (χ1v) is 8.77. The van der Waals surface area contributed by atoms with Crippen molar-refractivity contribution in [2.75, 3.05) is 30.0 Å². The van der Waals surface area contributed by atoms with Crippen molar-refractivity contribution in [2.24, 2.45) is 0 Å². The first-order chi connectivity index (χ1) is 12.5. The Labute approximate surface area is 151 Å². The van der Waals surface area contributed by atoms with E-state index in [1.165, 1.54) is 24.3 Å². The highest BCUT2D eigenvalue weighted by Crippen LogP contribution is 2.25. The summed E-state index contributed by atoms with van der Waals surface area (Å²) in [7, 11) is 0. The Balaban J connectivity index is 1.51.